The standard InChI is InChI=1S/C30H30N4O10S/c1-14-13-45-29-22(28(40)34(29)23(14)30(41)42)33-27(39)21(18-9-6-5-7-10-18)32-25(37)15(2)31-26(38)19-11-8-12-20(43-16(3)35)24(19)44-17(4)36/h5-12,15,21-22,29H,13H2,1-4H3,(H,31,38)(H,32,37)(H,33,39)(H,41,42)/t15?,21?,22-,29?/m1/s1. The Kier molecular flexibility index (Phi) is 9.91. The summed E-state index contributed by atoms with van der Waals surface area (Å²) in [6.07, 6.45) is 0. The monoisotopic (exact) mass is 638 g/mol. The molecule has 236 valence electrons. The van der Waals surface area contributed by atoms with Crippen LogP contribution in [-0.2, 0) is 28.8 Å². The Bertz CT molecular complexity index is 1610. The van der Waals surface area contributed by atoms with Gasteiger partial charge in [-0.05, 0) is 37.1 Å². The van der Waals surface area contributed by atoms with E-state index in [-0.39, 0.29) is 22.8 Å². The average Bonchev–Trinajstić information content (AvgIpc) is 2.98. The summed E-state index contributed by atoms with van der Waals surface area (Å²) in [7, 11) is 0. The summed E-state index contributed by atoms with van der Waals surface area (Å²) in [4.78, 5) is 88.9. The molecular weight excluding hydrogens is 608 g/mol. The minimum atomic E-state index is -1.28. The number of benzene rings is 2. The Labute approximate surface area is 261 Å². The first-order chi connectivity index (χ1) is 21.3. The molecule has 0 saturated carbocycles. The van der Waals surface area contributed by atoms with Crippen LogP contribution in [0.1, 0.15) is 49.7 Å². The smallest absolute Gasteiger partial charge is 0.352 e. The van der Waals surface area contributed by atoms with Crippen molar-refractivity contribution in [2.75, 3.05) is 5.75 Å². The number of nitrogens with zero attached hydrogens (tertiary/aromatic N) is 1. The highest BCUT2D eigenvalue weighted by Gasteiger charge is 2.54. The van der Waals surface area contributed by atoms with Crippen molar-refractivity contribution in [1.82, 2.24) is 20.9 Å². The van der Waals surface area contributed by atoms with Gasteiger partial charge in [0.05, 0.1) is 5.56 Å². The fourth-order valence-corrected chi connectivity index (χ4v) is 6.04. The summed E-state index contributed by atoms with van der Waals surface area (Å²) >= 11 is 1.31. The number of amides is 4. The van der Waals surface area contributed by atoms with Gasteiger partial charge in [0.1, 0.15) is 29.2 Å². The molecule has 2 aliphatic heterocycles. The predicted octanol–water partition coefficient (Wildman–Crippen LogP) is 1.27. The number of carboxylic acids is 1. The zero-order valence-corrected chi connectivity index (χ0v) is 25.4. The molecule has 0 aromatic heterocycles. The van der Waals surface area contributed by atoms with E-state index >= 15 is 0 Å². The number of rotatable bonds is 10. The first kappa shape index (κ1) is 32.7. The minimum Gasteiger partial charge on any atom is -0.477 e. The first-order valence-electron chi connectivity index (χ1n) is 13.6. The van der Waals surface area contributed by atoms with Gasteiger partial charge in [-0.1, -0.05) is 36.4 Å². The minimum absolute atomic E-state index is 0.109. The van der Waals surface area contributed by atoms with Crippen LogP contribution in [0.4, 0.5) is 0 Å². The number of aliphatic carboxylic acids is 1. The number of β-lactam (4-membered cyclic amide) rings is 1. The third-order valence-electron chi connectivity index (χ3n) is 6.80. The summed E-state index contributed by atoms with van der Waals surface area (Å²) in [5, 5.41) is 16.6. The molecule has 2 aliphatic rings. The highest BCUT2D eigenvalue weighted by molar-refractivity contribution is 8.00. The number of ether oxygens (including phenoxy) is 2. The van der Waals surface area contributed by atoms with Gasteiger partial charge in [-0.25, -0.2) is 4.79 Å². The maximum atomic E-state index is 13.5. The number of fused-ring (bicyclic) bond motifs is 1. The van der Waals surface area contributed by atoms with Crippen LogP contribution in [-0.4, -0.2) is 74.8 Å². The molecule has 45 heavy (non-hydrogen) atoms. The quantitative estimate of drug-likeness (QED) is 0.166. The van der Waals surface area contributed by atoms with Crippen LogP contribution < -0.4 is 25.4 Å². The average molecular weight is 639 g/mol. The van der Waals surface area contributed by atoms with Gasteiger partial charge in [0.2, 0.25) is 11.8 Å². The number of carboxylic acid groups (broad SMARTS) is 1. The van der Waals surface area contributed by atoms with Crippen molar-refractivity contribution in [3.63, 3.8) is 0 Å². The van der Waals surface area contributed by atoms with Crippen molar-refractivity contribution in [3.05, 3.63) is 70.9 Å². The van der Waals surface area contributed by atoms with Crippen molar-refractivity contribution in [3.8, 4) is 11.5 Å². The lowest BCUT2D eigenvalue weighted by molar-refractivity contribution is -0.151. The Morgan fingerprint density at radius 2 is 1.60 bits per heavy atom. The molecule has 4 rings (SSSR count). The fraction of sp³-hybridized carbons (Fsp3) is 0.300. The van der Waals surface area contributed by atoms with Crippen LogP contribution in [0, 0.1) is 0 Å². The zero-order chi connectivity index (χ0) is 33.0. The Morgan fingerprint density at radius 1 is 0.933 bits per heavy atom. The maximum absolute atomic E-state index is 13.5. The molecule has 1 fully saturated rings. The van der Waals surface area contributed by atoms with Crippen molar-refractivity contribution in [2.24, 2.45) is 0 Å². The van der Waals surface area contributed by atoms with Crippen LogP contribution in [0.2, 0.25) is 0 Å². The van der Waals surface area contributed by atoms with Crippen LogP contribution in [0.25, 0.3) is 0 Å². The number of carbonyl (C=O) groups excluding carboxylic acids is 6. The van der Waals surface area contributed by atoms with Crippen molar-refractivity contribution >= 4 is 53.3 Å². The molecule has 15 heteroatoms. The highest BCUT2D eigenvalue weighted by Crippen LogP contribution is 2.40. The second kappa shape index (κ2) is 13.6. The van der Waals surface area contributed by atoms with Crippen molar-refractivity contribution in [1.29, 1.82) is 0 Å². The number of para-hydroxylation sites is 1. The van der Waals surface area contributed by atoms with E-state index in [1.54, 1.807) is 37.3 Å². The molecule has 1 saturated heterocycles. The second-order valence-corrected chi connectivity index (χ2v) is 11.3. The topological polar surface area (TPSA) is 198 Å². The van der Waals surface area contributed by atoms with Crippen LogP contribution >= 0.6 is 11.8 Å². The van der Waals surface area contributed by atoms with E-state index in [2.05, 4.69) is 16.0 Å². The molecule has 0 bridgehead atoms. The number of esters is 2. The van der Waals surface area contributed by atoms with Gasteiger partial charge in [0.25, 0.3) is 11.8 Å². The van der Waals surface area contributed by atoms with Gasteiger partial charge in [-0.15, -0.1) is 11.8 Å². The molecule has 2 aromatic carbocycles. The molecule has 0 spiro atoms. The van der Waals surface area contributed by atoms with Crippen molar-refractivity contribution < 1.29 is 48.1 Å². The first-order valence-corrected chi connectivity index (χ1v) is 14.7. The predicted molar refractivity (Wildman–Crippen MR) is 159 cm³/mol. The van der Waals surface area contributed by atoms with Gasteiger partial charge < -0.3 is 30.5 Å². The number of thioether (sulfide) groups is 1. The number of hydrogen-bond donors (Lipinski definition) is 4. The number of hydrogen-bond acceptors (Lipinski definition) is 10. The summed E-state index contributed by atoms with van der Waals surface area (Å²) in [6.45, 7) is 5.22. The molecule has 2 heterocycles. The molecule has 2 aromatic rings. The molecule has 4 amide bonds. The molecular formula is C30H30N4O10S. The van der Waals surface area contributed by atoms with E-state index in [4.69, 9.17) is 9.47 Å². The maximum Gasteiger partial charge on any atom is 0.352 e. The van der Waals surface area contributed by atoms with E-state index in [1.807, 2.05) is 0 Å². The molecule has 0 radical (unpaired) electrons. The van der Waals surface area contributed by atoms with Crippen LogP contribution in [0.5, 0.6) is 11.5 Å². The third-order valence-corrected chi connectivity index (χ3v) is 8.23. The van der Waals surface area contributed by atoms with E-state index < -0.39 is 65.0 Å². The van der Waals surface area contributed by atoms with E-state index in [9.17, 15) is 38.7 Å². The van der Waals surface area contributed by atoms with Gasteiger partial charge in [0.15, 0.2) is 11.5 Å². The second-order valence-electron chi connectivity index (χ2n) is 10.2. The molecule has 14 nitrogen and oxygen atoms in total. The van der Waals surface area contributed by atoms with Crippen LogP contribution in [0.15, 0.2) is 59.8 Å². The summed E-state index contributed by atoms with van der Waals surface area (Å²) in [5.74, 6) is -5.78. The van der Waals surface area contributed by atoms with E-state index in [0.29, 0.717) is 16.9 Å². The lowest BCUT2D eigenvalue weighted by Gasteiger charge is -2.49. The van der Waals surface area contributed by atoms with Crippen LogP contribution in [0.3, 0.4) is 0 Å². The number of carbonyl (C=O) groups is 7. The van der Waals surface area contributed by atoms with Gasteiger partial charge in [-0.3, -0.25) is 33.7 Å². The summed E-state index contributed by atoms with van der Waals surface area (Å²) in [5.41, 5.74) is 0.617. The largest absolute Gasteiger partial charge is 0.477 e. The zero-order valence-electron chi connectivity index (χ0n) is 24.6. The molecule has 3 unspecified atom stereocenters. The Balaban J connectivity index is 1.50. The summed E-state index contributed by atoms with van der Waals surface area (Å²) < 4.78 is 10.2. The van der Waals surface area contributed by atoms with E-state index in [0.717, 1.165) is 18.7 Å². The normalized spacial score (nSPS) is 18.4. The SMILES string of the molecule is CC(=O)Oc1cccc(C(=O)NC(C)C(=O)NC(C(=O)N[C@@H]2C(=O)N3C(C(=O)O)=C(C)CSC23)c2ccccc2)c1OC(C)=O. The lowest BCUT2D eigenvalue weighted by atomic mass is 10.0. The highest BCUT2D eigenvalue weighted by atomic mass is 32.2. The molecule has 4 N–H and O–H groups in total. The lowest BCUT2D eigenvalue weighted by Crippen LogP contribution is -2.71. The van der Waals surface area contributed by atoms with Gasteiger partial charge in [0, 0.05) is 19.6 Å². The van der Waals surface area contributed by atoms with Crippen molar-refractivity contribution in [2.45, 2.75) is 51.2 Å². The Morgan fingerprint density at radius 3 is 2.22 bits per heavy atom. The fourth-order valence-electron chi connectivity index (χ4n) is 4.74. The molecule has 0 aliphatic carbocycles. The number of nitrogens with one attached hydrogen (secondary N) is 3. The molecule has 4 atom stereocenters. The summed E-state index contributed by atoms with van der Waals surface area (Å²) in [6, 6.07) is 8.71. The Hall–Kier alpha value is -5.18. The van der Waals surface area contributed by atoms with Gasteiger partial charge >= 0.3 is 17.9 Å². The van der Waals surface area contributed by atoms with E-state index in [1.165, 1.54) is 36.9 Å². The third kappa shape index (κ3) is 7.15. The van der Waals surface area contributed by atoms with Gasteiger partial charge in [-0.2, -0.15) is 0 Å².